The van der Waals surface area contributed by atoms with Crippen LogP contribution in [0, 0.1) is 11.7 Å². The smallest absolute Gasteiger partial charge is 0.163 e. The number of likely N-dealkylation sites (tertiary alicyclic amines) is 1. The number of nitrogens with zero attached hydrogens (tertiary/aromatic N) is 3. The first-order valence-electron chi connectivity index (χ1n) is 10.5. The SMILES string of the molecule is NC(=S)NCCN1CCC(Cc2nc3ccccc3n2Cc2ccc(F)cc2)CC1. The third-order valence-electron chi connectivity index (χ3n) is 5.89. The summed E-state index contributed by atoms with van der Waals surface area (Å²) in [6.07, 6.45) is 3.29. The van der Waals surface area contributed by atoms with Crippen molar-refractivity contribution < 1.29 is 4.39 Å². The molecule has 0 bridgehead atoms. The lowest BCUT2D eigenvalue weighted by Crippen LogP contribution is -2.41. The topological polar surface area (TPSA) is 59.1 Å². The van der Waals surface area contributed by atoms with E-state index >= 15 is 0 Å². The largest absolute Gasteiger partial charge is 0.376 e. The number of hydrogen-bond acceptors (Lipinski definition) is 3. The maximum atomic E-state index is 13.3. The summed E-state index contributed by atoms with van der Waals surface area (Å²) < 4.78 is 15.6. The number of imidazole rings is 1. The molecule has 7 heteroatoms. The number of nitrogens with two attached hydrogens (primary N) is 1. The van der Waals surface area contributed by atoms with Gasteiger partial charge in [0.15, 0.2) is 5.11 Å². The van der Waals surface area contributed by atoms with Crippen LogP contribution in [0.4, 0.5) is 4.39 Å². The average Bonchev–Trinajstić information content (AvgIpc) is 3.08. The number of fused-ring (bicyclic) bond motifs is 1. The van der Waals surface area contributed by atoms with E-state index in [9.17, 15) is 4.39 Å². The van der Waals surface area contributed by atoms with Crippen LogP contribution < -0.4 is 11.1 Å². The van der Waals surface area contributed by atoms with Crippen LogP contribution in [-0.2, 0) is 13.0 Å². The van der Waals surface area contributed by atoms with Crippen molar-refractivity contribution in [2.75, 3.05) is 26.2 Å². The molecule has 1 aromatic heterocycles. The van der Waals surface area contributed by atoms with Gasteiger partial charge in [0.1, 0.15) is 11.6 Å². The second kappa shape index (κ2) is 9.53. The van der Waals surface area contributed by atoms with Gasteiger partial charge in [-0.2, -0.15) is 0 Å². The van der Waals surface area contributed by atoms with Crippen molar-refractivity contribution in [2.24, 2.45) is 11.7 Å². The highest BCUT2D eigenvalue weighted by atomic mass is 32.1. The van der Waals surface area contributed by atoms with Gasteiger partial charge >= 0.3 is 0 Å². The van der Waals surface area contributed by atoms with Crippen LogP contribution in [0.25, 0.3) is 11.0 Å². The molecule has 1 aliphatic rings. The Balaban J connectivity index is 1.44. The van der Waals surface area contributed by atoms with Gasteiger partial charge in [-0.3, -0.25) is 0 Å². The molecule has 1 aliphatic heterocycles. The predicted molar refractivity (Wildman–Crippen MR) is 123 cm³/mol. The Labute approximate surface area is 182 Å². The first-order chi connectivity index (χ1) is 14.6. The summed E-state index contributed by atoms with van der Waals surface area (Å²) >= 11 is 4.87. The monoisotopic (exact) mass is 425 g/mol. The minimum atomic E-state index is -0.204. The Morgan fingerprint density at radius 2 is 1.87 bits per heavy atom. The molecule has 0 amide bonds. The van der Waals surface area contributed by atoms with Crippen molar-refractivity contribution in [1.82, 2.24) is 19.8 Å². The van der Waals surface area contributed by atoms with Gasteiger partial charge in [0.25, 0.3) is 0 Å². The quantitative estimate of drug-likeness (QED) is 0.569. The zero-order chi connectivity index (χ0) is 20.9. The summed E-state index contributed by atoms with van der Waals surface area (Å²) in [6, 6.07) is 15.0. The molecule has 30 heavy (non-hydrogen) atoms. The summed E-state index contributed by atoms with van der Waals surface area (Å²) in [5.41, 5.74) is 8.74. The number of hydrogen-bond donors (Lipinski definition) is 2. The van der Waals surface area contributed by atoms with Crippen LogP contribution in [-0.4, -0.2) is 45.7 Å². The van der Waals surface area contributed by atoms with E-state index in [1.165, 1.54) is 12.1 Å². The Hall–Kier alpha value is -2.51. The van der Waals surface area contributed by atoms with Crippen LogP contribution in [0.5, 0.6) is 0 Å². The van der Waals surface area contributed by atoms with Gasteiger partial charge < -0.3 is 20.5 Å². The van der Waals surface area contributed by atoms with Gasteiger partial charge in [-0.05, 0) is 73.9 Å². The lowest BCUT2D eigenvalue weighted by atomic mass is 9.93. The van der Waals surface area contributed by atoms with Gasteiger partial charge in [0.2, 0.25) is 0 Å². The lowest BCUT2D eigenvalue weighted by Gasteiger charge is -2.32. The summed E-state index contributed by atoms with van der Waals surface area (Å²) in [4.78, 5) is 7.41. The maximum absolute atomic E-state index is 13.3. The molecule has 0 unspecified atom stereocenters. The second-order valence-corrected chi connectivity index (χ2v) is 8.45. The fourth-order valence-corrected chi connectivity index (χ4v) is 4.34. The molecule has 0 atom stereocenters. The summed E-state index contributed by atoms with van der Waals surface area (Å²) in [5, 5.41) is 3.39. The molecule has 0 saturated carbocycles. The zero-order valence-corrected chi connectivity index (χ0v) is 17.9. The molecular weight excluding hydrogens is 397 g/mol. The third kappa shape index (κ3) is 5.15. The van der Waals surface area contributed by atoms with Gasteiger partial charge in [-0.1, -0.05) is 24.3 Å². The molecule has 3 aromatic rings. The molecule has 3 N–H and O–H groups in total. The van der Waals surface area contributed by atoms with Gasteiger partial charge in [-0.15, -0.1) is 0 Å². The first-order valence-corrected chi connectivity index (χ1v) is 10.9. The Morgan fingerprint density at radius 3 is 2.60 bits per heavy atom. The molecule has 0 radical (unpaired) electrons. The van der Waals surface area contributed by atoms with Crippen LogP contribution in [0.3, 0.4) is 0 Å². The first kappa shape index (κ1) is 20.8. The minimum absolute atomic E-state index is 0.204. The summed E-state index contributed by atoms with van der Waals surface area (Å²) in [5.74, 6) is 1.53. The normalized spacial score (nSPS) is 15.5. The molecule has 0 aliphatic carbocycles. The Bertz CT molecular complexity index is 993. The highest BCUT2D eigenvalue weighted by molar-refractivity contribution is 7.80. The lowest BCUT2D eigenvalue weighted by molar-refractivity contribution is 0.185. The van der Waals surface area contributed by atoms with Crippen molar-refractivity contribution in [2.45, 2.75) is 25.8 Å². The van der Waals surface area contributed by atoms with E-state index in [2.05, 4.69) is 33.0 Å². The number of aromatic nitrogens is 2. The fourth-order valence-electron chi connectivity index (χ4n) is 4.24. The molecular formula is C23H28FN5S. The molecule has 0 spiro atoms. The zero-order valence-electron chi connectivity index (χ0n) is 17.1. The minimum Gasteiger partial charge on any atom is -0.376 e. The number of halogens is 1. The van der Waals surface area contributed by atoms with Gasteiger partial charge in [0, 0.05) is 26.1 Å². The van der Waals surface area contributed by atoms with Crippen molar-refractivity contribution in [3.63, 3.8) is 0 Å². The van der Waals surface area contributed by atoms with E-state index in [1.54, 1.807) is 0 Å². The number of piperidine rings is 1. The molecule has 2 heterocycles. The molecule has 5 nitrogen and oxygen atoms in total. The number of thiocarbonyl (C=S) groups is 1. The van der Waals surface area contributed by atoms with Gasteiger partial charge in [0.05, 0.1) is 11.0 Å². The van der Waals surface area contributed by atoms with Crippen molar-refractivity contribution in [3.8, 4) is 0 Å². The number of nitrogens with one attached hydrogen (secondary N) is 1. The van der Waals surface area contributed by atoms with Crippen molar-refractivity contribution >= 4 is 28.4 Å². The molecule has 158 valence electrons. The number of benzene rings is 2. The highest BCUT2D eigenvalue weighted by Gasteiger charge is 2.22. The molecule has 1 saturated heterocycles. The molecule has 4 rings (SSSR count). The maximum Gasteiger partial charge on any atom is 0.163 e. The second-order valence-electron chi connectivity index (χ2n) is 8.01. The van der Waals surface area contributed by atoms with Crippen molar-refractivity contribution in [3.05, 3.63) is 65.7 Å². The molecule has 2 aromatic carbocycles. The van der Waals surface area contributed by atoms with E-state index in [1.807, 2.05) is 18.2 Å². The van der Waals surface area contributed by atoms with E-state index in [4.69, 9.17) is 22.9 Å². The van der Waals surface area contributed by atoms with Gasteiger partial charge in [-0.25, -0.2) is 9.37 Å². The Kier molecular flexibility index (Phi) is 6.59. The summed E-state index contributed by atoms with van der Waals surface area (Å²) in [6.45, 7) is 4.64. The van der Waals surface area contributed by atoms with E-state index in [0.29, 0.717) is 17.6 Å². The highest BCUT2D eigenvalue weighted by Crippen LogP contribution is 2.25. The fraction of sp³-hybridized carbons (Fsp3) is 0.391. The van der Waals surface area contributed by atoms with E-state index < -0.39 is 0 Å². The predicted octanol–water partition coefficient (Wildman–Crippen LogP) is 3.31. The average molecular weight is 426 g/mol. The Morgan fingerprint density at radius 1 is 1.13 bits per heavy atom. The van der Waals surface area contributed by atoms with Crippen LogP contribution in [0.15, 0.2) is 48.5 Å². The van der Waals surface area contributed by atoms with Crippen LogP contribution >= 0.6 is 12.2 Å². The standard InChI is InChI=1S/C23H28FN5S/c24-19-7-5-18(6-8-19)16-29-21-4-2-1-3-20(21)27-22(29)15-17-9-12-28(13-10-17)14-11-26-23(25)30/h1-8,17H,9-16H2,(H3,25,26,30). The van der Waals surface area contributed by atoms with E-state index in [0.717, 1.165) is 67.9 Å². The summed E-state index contributed by atoms with van der Waals surface area (Å²) in [7, 11) is 0. The third-order valence-corrected chi connectivity index (χ3v) is 6.04. The van der Waals surface area contributed by atoms with E-state index in [-0.39, 0.29) is 5.82 Å². The van der Waals surface area contributed by atoms with Crippen molar-refractivity contribution in [1.29, 1.82) is 0 Å². The number of rotatable bonds is 7. The van der Waals surface area contributed by atoms with Crippen LogP contribution in [0.1, 0.15) is 24.2 Å². The van der Waals surface area contributed by atoms with Crippen LogP contribution in [0.2, 0.25) is 0 Å². The number of para-hydroxylation sites is 2. The molecule has 1 fully saturated rings.